The molecule has 1 aromatic rings. The minimum absolute atomic E-state index is 0.0487. The molecule has 1 fully saturated rings. The Morgan fingerprint density at radius 3 is 2.74 bits per heavy atom. The van der Waals surface area contributed by atoms with E-state index in [0.717, 1.165) is 40.1 Å². The van der Waals surface area contributed by atoms with E-state index in [1.807, 2.05) is 6.07 Å². The molecule has 1 aliphatic heterocycles. The van der Waals surface area contributed by atoms with E-state index in [2.05, 4.69) is 15.9 Å². The van der Waals surface area contributed by atoms with Crippen LogP contribution < -0.4 is 19.9 Å². The van der Waals surface area contributed by atoms with Crippen LogP contribution in [0.1, 0.15) is 31.2 Å². The minimum Gasteiger partial charge on any atom is -0.495 e. The van der Waals surface area contributed by atoms with Crippen LogP contribution in [0.25, 0.3) is 0 Å². The van der Waals surface area contributed by atoms with Crippen LogP contribution in [0.5, 0.6) is 17.2 Å². The molecule has 1 aliphatic carbocycles. The van der Waals surface area contributed by atoms with Crippen molar-refractivity contribution in [1.29, 1.82) is 0 Å². The Labute approximate surface area is 121 Å². The first-order valence-corrected chi connectivity index (χ1v) is 7.38. The second-order valence-electron chi connectivity index (χ2n) is 5.19. The van der Waals surface area contributed by atoms with Gasteiger partial charge in [-0.2, -0.15) is 0 Å². The minimum atomic E-state index is -0.0487. The van der Waals surface area contributed by atoms with Crippen molar-refractivity contribution in [2.45, 2.75) is 31.1 Å². The van der Waals surface area contributed by atoms with E-state index in [4.69, 9.17) is 19.9 Å². The monoisotopic (exact) mass is 327 g/mol. The summed E-state index contributed by atoms with van der Waals surface area (Å²) in [5.41, 5.74) is 7.13. The molecular weight excluding hydrogens is 310 g/mol. The van der Waals surface area contributed by atoms with Crippen LogP contribution >= 0.6 is 15.9 Å². The van der Waals surface area contributed by atoms with E-state index in [1.54, 1.807) is 7.11 Å². The van der Waals surface area contributed by atoms with Gasteiger partial charge in [-0.3, -0.25) is 0 Å². The average Bonchev–Trinajstić information content (AvgIpc) is 3.06. The molecule has 0 spiro atoms. The summed E-state index contributed by atoms with van der Waals surface area (Å²) < 4.78 is 17.7. The van der Waals surface area contributed by atoms with Crippen LogP contribution in [-0.2, 0) is 5.41 Å². The van der Waals surface area contributed by atoms with Crippen molar-refractivity contribution >= 4 is 15.9 Å². The third-order valence-corrected chi connectivity index (χ3v) is 4.85. The first-order chi connectivity index (χ1) is 9.22. The van der Waals surface area contributed by atoms with Gasteiger partial charge in [-0.1, -0.05) is 12.8 Å². The average molecular weight is 328 g/mol. The van der Waals surface area contributed by atoms with E-state index >= 15 is 0 Å². The summed E-state index contributed by atoms with van der Waals surface area (Å²) in [5, 5.41) is 0. The van der Waals surface area contributed by atoms with Gasteiger partial charge in [0.1, 0.15) is 5.75 Å². The van der Waals surface area contributed by atoms with Crippen molar-refractivity contribution in [1.82, 2.24) is 0 Å². The van der Waals surface area contributed by atoms with Crippen LogP contribution in [0.2, 0.25) is 0 Å². The van der Waals surface area contributed by atoms with Crippen molar-refractivity contribution in [2.75, 3.05) is 20.4 Å². The largest absolute Gasteiger partial charge is 0.495 e. The molecule has 2 aliphatic rings. The van der Waals surface area contributed by atoms with Crippen molar-refractivity contribution in [3.05, 3.63) is 16.1 Å². The van der Waals surface area contributed by atoms with Gasteiger partial charge >= 0.3 is 0 Å². The first kappa shape index (κ1) is 13.1. The molecule has 1 saturated carbocycles. The van der Waals surface area contributed by atoms with E-state index < -0.39 is 0 Å². The second-order valence-corrected chi connectivity index (χ2v) is 6.05. The molecule has 0 saturated heterocycles. The van der Waals surface area contributed by atoms with Crippen molar-refractivity contribution < 1.29 is 14.2 Å². The summed E-state index contributed by atoms with van der Waals surface area (Å²) in [6.45, 7) is 0.873. The van der Waals surface area contributed by atoms with Gasteiger partial charge in [0.25, 0.3) is 0 Å². The van der Waals surface area contributed by atoms with Crippen LogP contribution in [0.4, 0.5) is 0 Å². The number of fused-ring (bicyclic) bond motifs is 1. The van der Waals surface area contributed by atoms with Crippen LogP contribution in [0.3, 0.4) is 0 Å². The van der Waals surface area contributed by atoms with E-state index in [-0.39, 0.29) is 12.2 Å². The summed E-state index contributed by atoms with van der Waals surface area (Å²) in [7, 11) is 1.69. The zero-order valence-corrected chi connectivity index (χ0v) is 12.6. The summed E-state index contributed by atoms with van der Waals surface area (Å²) >= 11 is 3.56. The molecule has 19 heavy (non-hydrogen) atoms. The highest BCUT2D eigenvalue weighted by molar-refractivity contribution is 9.10. The SMILES string of the molecule is COc1c(Br)cc2c(c1C1(CN)CCCC1)OCO2. The fourth-order valence-corrected chi connectivity index (χ4v) is 3.85. The fraction of sp³-hybridized carbons (Fsp3) is 0.571. The maximum atomic E-state index is 6.10. The third-order valence-electron chi connectivity index (χ3n) is 4.26. The molecule has 104 valence electrons. The highest BCUT2D eigenvalue weighted by Gasteiger charge is 2.42. The lowest BCUT2D eigenvalue weighted by molar-refractivity contribution is 0.171. The van der Waals surface area contributed by atoms with Gasteiger partial charge in [-0.15, -0.1) is 0 Å². The first-order valence-electron chi connectivity index (χ1n) is 6.58. The molecular formula is C14H18BrNO3. The second kappa shape index (κ2) is 4.87. The number of ether oxygens (including phenoxy) is 3. The van der Waals surface area contributed by atoms with Gasteiger partial charge < -0.3 is 19.9 Å². The number of rotatable bonds is 3. The molecule has 1 aromatic carbocycles. The molecule has 0 aromatic heterocycles. The zero-order valence-electron chi connectivity index (χ0n) is 11.0. The number of hydrogen-bond donors (Lipinski definition) is 1. The van der Waals surface area contributed by atoms with Crippen LogP contribution in [0, 0.1) is 0 Å². The molecule has 0 amide bonds. The molecule has 1 heterocycles. The van der Waals surface area contributed by atoms with E-state index in [1.165, 1.54) is 12.8 Å². The Balaban J connectivity index is 2.23. The summed E-state index contributed by atoms with van der Waals surface area (Å²) in [4.78, 5) is 0. The third kappa shape index (κ3) is 1.91. The fourth-order valence-electron chi connectivity index (χ4n) is 3.28. The van der Waals surface area contributed by atoms with Gasteiger partial charge in [-0.05, 0) is 28.8 Å². The normalized spacial score (nSPS) is 19.7. The van der Waals surface area contributed by atoms with Gasteiger partial charge in [0.2, 0.25) is 6.79 Å². The Hall–Kier alpha value is -0.940. The molecule has 3 rings (SSSR count). The predicted molar refractivity (Wildman–Crippen MR) is 76.0 cm³/mol. The maximum absolute atomic E-state index is 6.10. The van der Waals surface area contributed by atoms with Crippen molar-refractivity contribution in [3.63, 3.8) is 0 Å². The van der Waals surface area contributed by atoms with Crippen molar-refractivity contribution in [3.8, 4) is 17.2 Å². The van der Waals surface area contributed by atoms with Crippen LogP contribution in [-0.4, -0.2) is 20.4 Å². The zero-order chi connectivity index (χ0) is 13.5. The number of hydrogen-bond acceptors (Lipinski definition) is 4. The maximum Gasteiger partial charge on any atom is 0.231 e. The predicted octanol–water partition coefficient (Wildman–Crippen LogP) is 2.96. The molecule has 0 bridgehead atoms. The number of halogens is 1. The molecule has 5 heteroatoms. The topological polar surface area (TPSA) is 53.7 Å². The van der Waals surface area contributed by atoms with Crippen molar-refractivity contribution in [2.24, 2.45) is 5.73 Å². The molecule has 0 atom stereocenters. The lowest BCUT2D eigenvalue weighted by atomic mass is 9.77. The van der Waals surface area contributed by atoms with E-state index in [0.29, 0.717) is 6.54 Å². The quantitative estimate of drug-likeness (QED) is 0.927. The Bertz CT molecular complexity index is 494. The molecule has 0 unspecified atom stereocenters. The molecule has 4 nitrogen and oxygen atoms in total. The number of nitrogens with two attached hydrogens (primary N) is 1. The standard InChI is InChI=1S/C14H18BrNO3/c1-17-12-9(15)6-10-13(19-8-18-10)11(12)14(7-16)4-2-3-5-14/h6H,2-5,7-8,16H2,1H3. The molecule has 0 radical (unpaired) electrons. The van der Waals surface area contributed by atoms with Gasteiger partial charge in [-0.25, -0.2) is 0 Å². The number of benzene rings is 1. The van der Waals surface area contributed by atoms with E-state index in [9.17, 15) is 0 Å². The lowest BCUT2D eigenvalue weighted by Crippen LogP contribution is -2.33. The smallest absolute Gasteiger partial charge is 0.231 e. The summed E-state index contributed by atoms with van der Waals surface area (Å²) in [6.07, 6.45) is 4.54. The highest BCUT2D eigenvalue weighted by Crippen LogP contribution is 2.54. The van der Waals surface area contributed by atoms with Gasteiger partial charge in [0, 0.05) is 23.6 Å². The van der Waals surface area contributed by atoms with Crippen LogP contribution in [0.15, 0.2) is 10.5 Å². The van der Waals surface area contributed by atoms with Gasteiger partial charge in [0.15, 0.2) is 11.5 Å². The lowest BCUT2D eigenvalue weighted by Gasteiger charge is -2.30. The Kier molecular flexibility index (Phi) is 3.35. The number of methoxy groups -OCH3 is 1. The Morgan fingerprint density at radius 1 is 1.37 bits per heavy atom. The highest BCUT2D eigenvalue weighted by atomic mass is 79.9. The Morgan fingerprint density at radius 2 is 2.11 bits per heavy atom. The van der Waals surface area contributed by atoms with Gasteiger partial charge in [0.05, 0.1) is 11.6 Å². The molecule has 2 N–H and O–H groups in total. The summed E-state index contributed by atoms with van der Waals surface area (Å²) in [6, 6.07) is 1.91. The summed E-state index contributed by atoms with van der Waals surface area (Å²) in [5.74, 6) is 2.42.